The summed E-state index contributed by atoms with van der Waals surface area (Å²) in [5.74, 6) is 0.387. The van der Waals surface area contributed by atoms with E-state index in [0.717, 1.165) is 38.0 Å². The molecule has 2 heterocycles. The molecule has 21 heavy (non-hydrogen) atoms. The Labute approximate surface area is 125 Å². The molecule has 118 valence electrons. The Balaban J connectivity index is 1.64. The van der Waals surface area contributed by atoms with Gasteiger partial charge >= 0.3 is 6.03 Å². The van der Waals surface area contributed by atoms with Crippen LogP contribution in [0.4, 0.5) is 4.79 Å². The van der Waals surface area contributed by atoms with Crippen molar-refractivity contribution in [1.29, 1.82) is 0 Å². The zero-order chi connectivity index (χ0) is 15.1. The number of nitrogens with zero attached hydrogens (tertiary/aromatic N) is 2. The maximum Gasteiger partial charge on any atom is 0.317 e. The Bertz CT molecular complexity index is 422. The Morgan fingerprint density at radius 3 is 3.19 bits per heavy atom. The standard InChI is InChI=1S/C15H25N3O3/c1-17(9-14-4-8-21-12-14)15(20)16-5-7-18-6-2-3-13(10-18)11-19/h4,8,12-13,19H,2-3,5-7,9-11H2,1H3,(H,16,20)/t13-/m1/s1. The fraction of sp³-hybridized carbons (Fsp3) is 0.667. The monoisotopic (exact) mass is 295 g/mol. The lowest BCUT2D eigenvalue weighted by molar-refractivity contribution is 0.121. The maximum absolute atomic E-state index is 12.0. The Morgan fingerprint density at radius 2 is 2.48 bits per heavy atom. The lowest BCUT2D eigenvalue weighted by atomic mass is 9.99. The van der Waals surface area contributed by atoms with Crippen LogP contribution < -0.4 is 5.32 Å². The van der Waals surface area contributed by atoms with Crippen LogP contribution in [0.1, 0.15) is 18.4 Å². The molecule has 6 nitrogen and oxygen atoms in total. The molecule has 1 saturated heterocycles. The molecular weight excluding hydrogens is 270 g/mol. The highest BCUT2D eigenvalue weighted by atomic mass is 16.3. The van der Waals surface area contributed by atoms with Crippen LogP contribution in [0.3, 0.4) is 0 Å². The van der Waals surface area contributed by atoms with Gasteiger partial charge in [0.05, 0.1) is 19.1 Å². The van der Waals surface area contributed by atoms with Crippen LogP contribution in [-0.4, -0.2) is 60.8 Å². The summed E-state index contributed by atoms with van der Waals surface area (Å²) in [4.78, 5) is 15.9. The van der Waals surface area contributed by atoms with Crippen molar-refractivity contribution in [2.75, 3.05) is 39.8 Å². The average Bonchev–Trinajstić information content (AvgIpc) is 3.00. The van der Waals surface area contributed by atoms with Gasteiger partial charge in [-0.2, -0.15) is 0 Å². The Morgan fingerprint density at radius 1 is 1.62 bits per heavy atom. The molecule has 1 atom stereocenters. The average molecular weight is 295 g/mol. The van der Waals surface area contributed by atoms with E-state index < -0.39 is 0 Å². The molecule has 1 aromatic rings. The second-order valence-electron chi connectivity index (χ2n) is 5.71. The van der Waals surface area contributed by atoms with Crippen molar-refractivity contribution in [1.82, 2.24) is 15.1 Å². The number of hydrogen-bond donors (Lipinski definition) is 2. The number of amides is 2. The summed E-state index contributed by atoms with van der Waals surface area (Å²) < 4.78 is 4.99. The van der Waals surface area contributed by atoms with E-state index in [-0.39, 0.29) is 12.6 Å². The fourth-order valence-corrected chi connectivity index (χ4v) is 2.69. The smallest absolute Gasteiger partial charge is 0.317 e. The highest BCUT2D eigenvalue weighted by Crippen LogP contribution is 2.14. The molecule has 2 amide bonds. The van der Waals surface area contributed by atoms with E-state index in [1.807, 2.05) is 6.07 Å². The van der Waals surface area contributed by atoms with E-state index in [1.54, 1.807) is 24.5 Å². The minimum atomic E-state index is -0.0769. The van der Waals surface area contributed by atoms with Crippen LogP contribution in [0.25, 0.3) is 0 Å². The number of carbonyl (C=O) groups excluding carboxylic acids is 1. The third-order valence-corrected chi connectivity index (χ3v) is 3.91. The van der Waals surface area contributed by atoms with Crippen molar-refractivity contribution in [3.8, 4) is 0 Å². The number of likely N-dealkylation sites (tertiary alicyclic amines) is 1. The zero-order valence-corrected chi connectivity index (χ0v) is 12.6. The molecule has 1 fully saturated rings. The topological polar surface area (TPSA) is 69.0 Å². The Kier molecular flexibility index (Phi) is 6.07. The number of urea groups is 1. The first-order valence-electron chi connectivity index (χ1n) is 7.52. The van der Waals surface area contributed by atoms with E-state index in [2.05, 4.69) is 10.2 Å². The second-order valence-corrected chi connectivity index (χ2v) is 5.71. The van der Waals surface area contributed by atoms with Gasteiger partial charge in [-0.15, -0.1) is 0 Å². The molecule has 1 aliphatic heterocycles. The van der Waals surface area contributed by atoms with Crippen LogP contribution >= 0.6 is 0 Å². The van der Waals surface area contributed by atoms with Crippen molar-refractivity contribution >= 4 is 6.03 Å². The highest BCUT2D eigenvalue weighted by molar-refractivity contribution is 5.73. The summed E-state index contributed by atoms with van der Waals surface area (Å²) in [6.07, 6.45) is 5.48. The highest BCUT2D eigenvalue weighted by Gasteiger charge is 2.19. The SMILES string of the molecule is CN(Cc1ccoc1)C(=O)NCCN1CCC[C@@H](CO)C1. The van der Waals surface area contributed by atoms with Crippen molar-refractivity contribution in [2.24, 2.45) is 5.92 Å². The van der Waals surface area contributed by atoms with Crippen LogP contribution in [0.15, 0.2) is 23.0 Å². The van der Waals surface area contributed by atoms with Crippen LogP contribution in [0, 0.1) is 5.92 Å². The molecule has 6 heteroatoms. The lowest BCUT2D eigenvalue weighted by Crippen LogP contribution is -2.44. The summed E-state index contributed by atoms with van der Waals surface area (Å²) in [6, 6.07) is 1.78. The molecule has 1 aliphatic rings. The number of furan rings is 1. The van der Waals surface area contributed by atoms with E-state index >= 15 is 0 Å². The summed E-state index contributed by atoms with van der Waals surface area (Å²) in [5, 5.41) is 12.1. The van der Waals surface area contributed by atoms with E-state index in [4.69, 9.17) is 4.42 Å². The molecule has 0 aromatic carbocycles. The van der Waals surface area contributed by atoms with Gasteiger partial charge in [-0.25, -0.2) is 4.79 Å². The van der Waals surface area contributed by atoms with Gasteiger partial charge in [0.15, 0.2) is 0 Å². The van der Waals surface area contributed by atoms with Crippen molar-refractivity contribution in [3.05, 3.63) is 24.2 Å². The number of rotatable bonds is 6. The molecular formula is C15H25N3O3. The lowest BCUT2D eigenvalue weighted by Gasteiger charge is -2.31. The minimum Gasteiger partial charge on any atom is -0.472 e. The molecule has 0 radical (unpaired) electrons. The number of aliphatic hydroxyl groups excluding tert-OH is 1. The van der Waals surface area contributed by atoms with Crippen LogP contribution in [0.5, 0.6) is 0 Å². The summed E-state index contributed by atoms with van der Waals surface area (Å²) >= 11 is 0. The number of hydrogen-bond acceptors (Lipinski definition) is 4. The Hall–Kier alpha value is -1.53. The summed E-state index contributed by atoms with van der Waals surface area (Å²) in [6.45, 7) is 4.25. The van der Waals surface area contributed by atoms with Gasteiger partial charge in [0.25, 0.3) is 0 Å². The first-order valence-corrected chi connectivity index (χ1v) is 7.52. The quantitative estimate of drug-likeness (QED) is 0.825. The third-order valence-electron chi connectivity index (χ3n) is 3.91. The molecule has 0 saturated carbocycles. The molecule has 2 N–H and O–H groups in total. The van der Waals surface area contributed by atoms with Gasteiger partial charge in [0.2, 0.25) is 0 Å². The van der Waals surface area contributed by atoms with Gasteiger partial charge in [0.1, 0.15) is 0 Å². The fourth-order valence-electron chi connectivity index (χ4n) is 2.69. The first kappa shape index (κ1) is 15.9. The number of nitrogens with one attached hydrogen (secondary N) is 1. The van der Waals surface area contributed by atoms with Gasteiger partial charge in [0, 0.05) is 38.9 Å². The van der Waals surface area contributed by atoms with Gasteiger partial charge < -0.3 is 24.6 Å². The molecule has 0 spiro atoms. The predicted octanol–water partition coefficient (Wildman–Crippen LogP) is 1.13. The third kappa shape index (κ3) is 5.06. The van der Waals surface area contributed by atoms with Crippen molar-refractivity contribution in [2.45, 2.75) is 19.4 Å². The largest absolute Gasteiger partial charge is 0.472 e. The van der Waals surface area contributed by atoms with E-state index in [0.29, 0.717) is 19.0 Å². The summed E-state index contributed by atoms with van der Waals surface area (Å²) in [7, 11) is 1.77. The maximum atomic E-state index is 12.0. The second kappa shape index (κ2) is 8.05. The zero-order valence-electron chi connectivity index (χ0n) is 12.6. The molecule has 2 rings (SSSR count). The minimum absolute atomic E-state index is 0.0769. The first-order chi connectivity index (χ1) is 10.2. The predicted molar refractivity (Wildman–Crippen MR) is 79.8 cm³/mol. The number of aliphatic hydroxyl groups is 1. The molecule has 0 aliphatic carbocycles. The van der Waals surface area contributed by atoms with Crippen molar-refractivity contribution < 1.29 is 14.3 Å². The van der Waals surface area contributed by atoms with Gasteiger partial charge in [-0.05, 0) is 31.4 Å². The van der Waals surface area contributed by atoms with E-state index in [1.165, 1.54) is 0 Å². The van der Waals surface area contributed by atoms with E-state index in [9.17, 15) is 9.90 Å². The number of carbonyl (C=O) groups is 1. The van der Waals surface area contributed by atoms with Gasteiger partial charge in [-0.3, -0.25) is 0 Å². The molecule has 1 aromatic heterocycles. The molecule has 0 bridgehead atoms. The van der Waals surface area contributed by atoms with Crippen molar-refractivity contribution in [3.63, 3.8) is 0 Å². The van der Waals surface area contributed by atoms with Crippen LogP contribution in [0.2, 0.25) is 0 Å². The summed E-state index contributed by atoms with van der Waals surface area (Å²) in [5.41, 5.74) is 0.981. The van der Waals surface area contributed by atoms with Crippen LogP contribution in [-0.2, 0) is 6.54 Å². The number of piperidine rings is 1. The molecule has 0 unspecified atom stereocenters. The normalized spacial score (nSPS) is 19.4. The van der Waals surface area contributed by atoms with Gasteiger partial charge in [-0.1, -0.05) is 0 Å².